The molecular formula is C24H24ClN5O2. The lowest BCUT2D eigenvalue weighted by molar-refractivity contribution is 0.457. The zero-order valence-corrected chi connectivity index (χ0v) is 19.0. The third-order valence-corrected chi connectivity index (χ3v) is 6.50. The van der Waals surface area contributed by atoms with Crippen molar-refractivity contribution in [3.05, 3.63) is 85.5 Å². The van der Waals surface area contributed by atoms with Crippen molar-refractivity contribution >= 4 is 34.4 Å². The first-order valence-corrected chi connectivity index (χ1v) is 11.0. The van der Waals surface area contributed by atoms with Crippen LogP contribution < -0.4 is 16.1 Å². The van der Waals surface area contributed by atoms with E-state index in [4.69, 9.17) is 16.6 Å². The fourth-order valence-corrected chi connectivity index (χ4v) is 4.71. The summed E-state index contributed by atoms with van der Waals surface area (Å²) in [5.41, 5.74) is 2.99. The standard InChI is InChI=1S/C24H24ClN5O2/c1-15-12-28(19-11-7-4-8-16(19)2)23-26-21-20(29(23)13-15)22(31)30(24(32)27(21)3)14-17-9-5-6-10-18(17)25/h4-11,15H,12-14H2,1-3H3/t15-/m0/s1. The van der Waals surface area contributed by atoms with Gasteiger partial charge in [0.05, 0.1) is 6.54 Å². The number of aromatic nitrogens is 4. The number of imidazole rings is 1. The molecule has 7 nitrogen and oxygen atoms in total. The minimum atomic E-state index is -0.409. The summed E-state index contributed by atoms with van der Waals surface area (Å²) in [5, 5.41) is 0.524. The molecule has 0 aliphatic carbocycles. The number of fused-ring (bicyclic) bond motifs is 3. The second-order valence-electron chi connectivity index (χ2n) is 8.52. The molecule has 3 heterocycles. The van der Waals surface area contributed by atoms with Gasteiger partial charge in [-0.15, -0.1) is 0 Å². The summed E-state index contributed by atoms with van der Waals surface area (Å²) in [7, 11) is 1.66. The Kier molecular flexibility index (Phi) is 4.93. The molecule has 0 saturated heterocycles. The van der Waals surface area contributed by atoms with Crippen LogP contribution in [0.3, 0.4) is 0 Å². The van der Waals surface area contributed by atoms with Crippen LogP contribution in [0, 0.1) is 12.8 Å². The number of benzene rings is 2. The zero-order valence-electron chi connectivity index (χ0n) is 18.2. The maximum absolute atomic E-state index is 13.6. The Morgan fingerprint density at radius 3 is 2.53 bits per heavy atom. The van der Waals surface area contributed by atoms with Crippen molar-refractivity contribution in [1.82, 2.24) is 18.7 Å². The van der Waals surface area contributed by atoms with Gasteiger partial charge in [0.1, 0.15) is 0 Å². The lowest BCUT2D eigenvalue weighted by atomic mass is 10.1. The molecule has 8 heteroatoms. The van der Waals surface area contributed by atoms with Crippen LogP contribution in [0.25, 0.3) is 11.2 Å². The van der Waals surface area contributed by atoms with E-state index in [9.17, 15) is 9.59 Å². The summed E-state index contributed by atoms with van der Waals surface area (Å²) in [4.78, 5) is 33.6. The number of hydrogen-bond acceptors (Lipinski definition) is 4. The van der Waals surface area contributed by atoms with Crippen LogP contribution in [0.2, 0.25) is 5.02 Å². The second-order valence-corrected chi connectivity index (χ2v) is 8.93. The fourth-order valence-electron chi connectivity index (χ4n) is 4.51. The second kappa shape index (κ2) is 7.67. The minimum absolute atomic E-state index is 0.110. The van der Waals surface area contributed by atoms with Gasteiger partial charge in [-0.1, -0.05) is 54.9 Å². The van der Waals surface area contributed by atoms with E-state index in [2.05, 4.69) is 30.9 Å². The summed E-state index contributed by atoms with van der Waals surface area (Å²) in [6.45, 7) is 5.78. The van der Waals surface area contributed by atoms with Crippen molar-refractivity contribution in [3.63, 3.8) is 0 Å². The predicted octanol–water partition coefficient (Wildman–Crippen LogP) is 3.69. The molecule has 5 rings (SSSR count). The van der Waals surface area contributed by atoms with E-state index in [0.717, 1.165) is 23.4 Å². The van der Waals surface area contributed by atoms with Gasteiger partial charge in [-0.3, -0.25) is 13.9 Å². The van der Waals surface area contributed by atoms with Gasteiger partial charge in [-0.2, -0.15) is 4.98 Å². The molecule has 1 aliphatic rings. The van der Waals surface area contributed by atoms with Crippen molar-refractivity contribution in [2.45, 2.75) is 26.9 Å². The van der Waals surface area contributed by atoms with Crippen LogP contribution in [0.4, 0.5) is 11.6 Å². The van der Waals surface area contributed by atoms with E-state index >= 15 is 0 Å². The molecule has 0 fully saturated rings. The third-order valence-electron chi connectivity index (χ3n) is 6.13. The highest BCUT2D eigenvalue weighted by Gasteiger charge is 2.30. The van der Waals surface area contributed by atoms with Crippen molar-refractivity contribution < 1.29 is 0 Å². The number of anilines is 2. The average molecular weight is 450 g/mol. The van der Waals surface area contributed by atoms with Crippen molar-refractivity contribution in [2.24, 2.45) is 13.0 Å². The molecule has 0 radical (unpaired) electrons. The maximum Gasteiger partial charge on any atom is 0.332 e. The summed E-state index contributed by atoms with van der Waals surface area (Å²) in [6, 6.07) is 15.4. The number of para-hydroxylation sites is 1. The molecule has 164 valence electrons. The topological polar surface area (TPSA) is 65.1 Å². The van der Waals surface area contributed by atoms with Gasteiger partial charge in [-0.25, -0.2) is 4.79 Å². The highest BCUT2D eigenvalue weighted by molar-refractivity contribution is 6.31. The Hall–Kier alpha value is -3.32. The summed E-state index contributed by atoms with van der Waals surface area (Å²) >= 11 is 6.30. The first kappa shape index (κ1) is 20.6. The number of hydrogen-bond donors (Lipinski definition) is 0. The van der Waals surface area contributed by atoms with E-state index in [1.54, 1.807) is 13.1 Å². The van der Waals surface area contributed by atoms with Gasteiger partial charge in [0.25, 0.3) is 5.56 Å². The molecule has 0 spiro atoms. The average Bonchev–Trinajstić information content (AvgIpc) is 3.16. The van der Waals surface area contributed by atoms with E-state index in [-0.39, 0.29) is 12.1 Å². The van der Waals surface area contributed by atoms with Crippen LogP contribution in [0.15, 0.2) is 58.1 Å². The lowest BCUT2D eigenvalue weighted by Crippen LogP contribution is -2.40. The maximum atomic E-state index is 13.6. The third kappa shape index (κ3) is 3.15. The first-order valence-electron chi connectivity index (χ1n) is 10.6. The fraction of sp³-hybridized carbons (Fsp3) is 0.292. The van der Waals surface area contributed by atoms with Crippen molar-refractivity contribution in [2.75, 3.05) is 11.4 Å². The molecule has 2 aromatic heterocycles. The molecule has 0 bridgehead atoms. The van der Waals surface area contributed by atoms with Crippen LogP contribution in [0.5, 0.6) is 0 Å². The zero-order chi connectivity index (χ0) is 22.6. The summed E-state index contributed by atoms with van der Waals surface area (Å²) in [5.74, 6) is 0.989. The monoisotopic (exact) mass is 449 g/mol. The minimum Gasteiger partial charge on any atom is -0.311 e. The number of nitrogens with zero attached hydrogens (tertiary/aromatic N) is 5. The van der Waals surface area contributed by atoms with Gasteiger partial charge in [0.2, 0.25) is 5.95 Å². The molecule has 4 aromatic rings. The Bertz CT molecular complexity index is 1470. The number of aryl methyl sites for hydroxylation is 2. The quantitative estimate of drug-likeness (QED) is 0.478. The van der Waals surface area contributed by atoms with E-state index in [1.165, 1.54) is 9.13 Å². The largest absolute Gasteiger partial charge is 0.332 e. The van der Waals surface area contributed by atoms with Gasteiger partial charge in [0.15, 0.2) is 11.2 Å². The SMILES string of the molecule is Cc1ccccc1N1C[C@H](C)Cn2c1nc1c2c(=O)n(Cc2ccccc2Cl)c(=O)n1C. The van der Waals surface area contributed by atoms with Crippen LogP contribution in [-0.4, -0.2) is 25.2 Å². The van der Waals surface area contributed by atoms with Gasteiger partial charge < -0.3 is 9.47 Å². The van der Waals surface area contributed by atoms with Crippen LogP contribution in [0.1, 0.15) is 18.1 Å². The molecular weight excluding hydrogens is 426 g/mol. The lowest BCUT2D eigenvalue weighted by Gasteiger charge is -2.33. The first-order chi connectivity index (χ1) is 15.4. The Balaban J connectivity index is 1.75. The summed E-state index contributed by atoms with van der Waals surface area (Å²) in [6.07, 6.45) is 0. The molecule has 32 heavy (non-hydrogen) atoms. The predicted molar refractivity (Wildman–Crippen MR) is 127 cm³/mol. The van der Waals surface area contributed by atoms with E-state index in [0.29, 0.717) is 34.6 Å². The smallest absolute Gasteiger partial charge is 0.311 e. The van der Waals surface area contributed by atoms with E-state index < -0.39 is 5.69 Å². The summed E-state index contributed by atoms with van der Waals surface area (Å²) < 4.78 is 4.66. The molecule has 2 aromatic carbocycles. The van der Waals surface area contributed by atoms with Gasteiger partial charge in [-0.05, 0) is 36.1 Å². The Morgan fingerprint density at radius 1 is 1.06 bits per heavy atom. The van der Waals surface area contributed by atoms with Crippen molar-refractivity contribution in [3.8, 4) is 0 Å². The van der Waals surface area contributed by atoms with Crippen molar-refractivity contribution in [1.29, 1.82) is 0 Å². The normalized spacial score (nSPS) is 15.9. The molecule has 0 N–H and O–H groups in total. The molecule has 1 aliphatic heterocycles. The van der Waals surface area contributed by atoms with Crippen LogP contribution in [-0.2, 0) is 20.1 Å². The highest BCUT2D eigenvalue weighted by Crippen LogP contribution is 2.34. The van der Waals surface area contributed by atoms with E-state index in [1.807, 2.05) is 34.9 Å². The molecule has 0 amide bonds. The highest BCUT2D eigenvalue weighted by atomic mass is 35.5. The van der Waals surface area contributed by atoms with Gasteiger partial charge in [0, 0.05) is 30.8 Å². The molecule has 1 atom stereocenters. The molecule has 0 saturated carbocycles. The van der Waals surface area contributed by atoms with Gasteiger partial charge >= 0.3 is 5.69 Å². The Morgan fingerprint density at radius 2 is 1.78 bits per heavy atom. The van der Waals surface area contributed by atoms with Crippen LogP contribution >= 0.6 is 11.6 Å². The molecule has 0 unspecified atom stereocenters. The Labute approximate surface area is 190 Å². The number of rotatable bonds is 3. The number of halogens is 1.